The highest BCUT2D eigenvalue weighted by molar-refractivity contribution is 6.29. The van der Waals surface area contributed by atoms with Gasteiger partial charge in [-0.25, -0.2) is 4.98 Å². The number of aliphatic hydroxyl groups excluding tert-OH is 1. The Hall–Kier alpha value is -2.07. The molecule has 0 radical (unpaired) electrons. The number of aryl methyl sites for hydroxylation is 1. The second kappa shape index (κ2) is 4.55. The molecule has 1 N–H and O–H groups in total. The van der Waals surface area contributed by atoms with E-state index in [0.717, 1.165) is 11.4 Å². The molecular formula is C14H12ClN3O. The lowest BCUT2D eigenvalue weighted by Crippen LogP contribution is -2.24. The number of hydrogen-bond acceptors (Lipinski definition) is 4. The topological polar surface area (TPSA) is 49.2 Å². The minimum atomic E-state index is 0.233. The predicted octanol–water partition coefficient (Wildman–Crippen LogP) is 3.49. The van der Waals surface area contributed by atoms with E-state index in [9.17, 15) is 5.11 Å². The van der Waals surface area contributed by atoms with E-state index in [0.29, 0.717) is 23.1 Å². The predicted molar refractivity (Wildman–Crippen MR) is 75.8 cm³/mol. The second-order valence-corrected chi connectivity index (χ2v) is 4.70. The van der Waals surface area contributed by atoms with E-state index in [1.807, 2.05) is 24.0 Å². The second-order valence-electron chi connectivity index (χ2n) is 4.31. The van der Waals surface area contributed by atoms with Crippen molar-refractivity contribution in [1.29, 1.82) is 0 Å². The lowest BCUT2D eigenvalue weighted by molar-refractivity contribution is 0.508. The van der Waals surface area contributed by atoms with Gasteiger partial charge in [0.05, 0.1) is 16.9 Å². The third-order valence-corrected chi connectivity index (χ3v) is 3.32. The minimum Gasteiger partial charge on any atom is -0.507 e. The molecule has 0 fully saturated rings. The summed E-state index contributed by atoms with van der Waals surface area (Å²) < 4.78 is 0. The minimum absolute atomic E-state index is 0.233. The number of fused-ring (bicyclic) bond motifs is 1. The van der Waals surface area contributed by atoms with Crippen LogP contribution in [0.15, 0.2) is 36.5 Å². The third-order valence-electron chi connectivity index (χ3n) is 3.11. The summed E-state index contributed by atoms with van der Waals surface area (Å²) in [5.41, 5.74) is 2.55. The fourth-order valence-electron chi connectivity index (χ4n) is 2.18. The van der Waals surface area contributed by atoms with Crippen molar-refractivity contribution >= 4 is 28.9 Å². The van der Waals surface area contributed by atoms with Crippen LogP contribution in [0.1, 0.15) is 11.3 Å². The number of pyridine rings is 2. The number of nitrogens with zero attached hydrogens (tertiary/aromatic N) is 3. The molecule has 0 atom stereocenters. The highest BCUT2D eigenvalue weighted by Gasteiger charge is 2.22. The van der Waals surface area contributed by atoms with E-state index in [4.69, 9.17) is 11.6 Å². The first-order chi connectivity index (χ1) is 9.16. The van der Waals surface area contributed by atoms with Crippen LogP contribution in [-0.2, 0) is 0 Å². The maximum atomic E-state index is 9.92. The standard InChI is InChI=1S/C14H12ClN3O/c1-9-11(3-2-7-16-9)18-8-6-12(19)10-4-5-13(15)17-14(10)18/h2-7,19H,8H2,1H3. The van der Waals surface area contributed by atoms with E-state index in [2.05, 4.69) is 9.97 Å². The smallest absolute Gasteiger partial charge is 0.146 e. The van der Waals surface area contributed by atoms with Crippen molar-refractivity contribution in [3.05, 3.63) is 52.9 Å². The van der Waals surface area contributed by atoms with E-state index >= 15 is 0 Å². The van der Waals surface area contributed by atoms with Gasteiger partial charge in [-0.05, 0) is 37.3 Å². The molecule has 0 aliphatic carbocycles. The van der Waals surface area contributed by atoms with Crippen LogP contribution >= 0.6 is 11.6 Å². The molecule has 2 aromatic heterocycles. The van der Waals surface area contributed by atoms with E-state index in [1.165, 1.54) is 0 Å². The Morgan fingerprint density at radius 2 is 2.16 bits per heavy atom. The summed E-state index contributed by atoms with van der Waals surface area (Å²) in [6, 6.07) is 7.30. The quantitative estimate of drug-likeness (QED) is 0.808. The molecule has 0 unspecified atom stereocenters. The monoisotopic (exact) mass is 273 g/mol. The highest BCUT2D eigenvalue weighted by Crippen LogP contribution is 2.35. The fourth-order valence-corrected chi connectivity index (χ4v) is 2.32. The van der Waals surface area contributed by atoms with Crippen molar-refractivity contribution in [3.63, 3.8) is 0 Å². The zero-order chi connectivity index (χ0) is 13.4. The molecule has 0 saturated heterocycles. The number of hydrogen-bond donors (Lipinski definition) is 1. The van der Waals surface area contributed by atoms with Gasteiger partial charge in [-0.2, -0.15) is 0 Å². The average molecular weight is 274 g/mol. The first-order valence-corrected chi connectivity index (χ1v) is 6.30. The Morgan fingerprint density at radius 3 is 2.95 bits per heavy atom. The van der Waals surface area contributed by atoms with Crippen LogP contribution in [-0.4, -0.2) is 21.6 Å². The SMILES string of the molecule is Cc1ncccc1N1CC=C(O)c2ccc(Cl)nc21. The van der Waals surface area contributed by atoms with E-state index in [1.54, 1.807) is 24.4 Å². The van der Waals surface area contributed by atoms with Crippen LogP contribution < -0.4 is 4.90 Å². The number of anilines is 2. The molecule has 0 bridgehead atoms. The van der Waals surface area contributed by atoms with Gasteiger partial charge in [0.15, 0.2) is 0 Å². The molecule has 3 heterocycles. The Kier molecular flexibility index (Phi) is 2.87. The third kappa shape index (κ3) is 2.04. The first-order valence-electron chi connectivity index (χ1n) is 5.92. The molecule has 96 valence electrons. The normalized spacial score (nSPS) is 14.0. The molecular weight excluding hydrogens is 262 g/mol. The molecule has 5 heteroatoms. The summed E-state index contributed by atoms with van der Waals surface area (Å²) in [5.74, 6) is 0.889. The van der Waals surface area contributed by atoms with Crippen LogP contribution in [0.3, 0.4) is 0 Å². The van der Waals surface area contributed by atoms with Gasteiger partial charge in [-0.1, -0.05) is 11.6 Å². The molecule has 0 amide bonds. The molecule has 0 aromatic carbocycles. The van der Waals surface area contributed by atoms with Crippen molar-refractivity contribution in [2.24, 2.45) is 0 Å². The molecule has 19 heavy (non-hydrogen) atoms. The summed E-state index contributed by atoms with van der Waals surface area (Å²) >= 11 is 5.96. The van der Waals surface area contributed by atoms with Gasteiger partial charge in [0.25, 0.3) is 0 Å². The van der Waals surface area contributed by atoms with Crippen LogP contribution in [0.25, 0.3) is 5.76 Å². The van der Waals surface area contributed by atoms with Crippen LogP contribution in [0.5, 0.6) is 0 Å². The highest BCUT2D eigenvalue weighted by atomic mass is 35.5. The Morgan fingerprint density at radius 1 is 1.32 bits per heavy atom. The van der Waals surface area contributed by atoms with Crippen molar-refractivity contribution in [3.8, 4) is 0 Å². The summed E-state index contributed by atoms with van der Waals surface area (Å²) in [5, 5.41) is 10.3. The van der Waals surface area contributed by atoms with Gasteiger partial charge < -0.3 is 10.0 Å². The van der Waals surface area contributed by atoms with Crippen molar-refractivity contribution in [1.82, 2.24) is 9.97 Å². The van der Waals surface area contributed by atoms with Crippen LogP contribution in [0.4, 0.5) is 11.5 Å². The van der Waals surface area contributed by atoms with Crippen molar-refractivity contribution in [2.75, 3.05) is 11.4 Å². The summed E-state index contributed by atoms with van der Waals surface area (Å²) in [6.07, 6.45) is 3.51. The number of aromatic nitrogens is 2. The van der Waals surface area contributed by atoms with Gasteiger partial charge in [-0.3, -0.25) is 4.98 Å². The van der Waals surface area contributed by atoms with E-state index < -0.39 is 0 Å². The van der Waals surface area contributed by atoms with Gasteiger partial charge in [-0.15, -0.1) is 0 Å². The molecule has 0 spiro atoms. The zero-order valence-electron chi connectivity index (χ0n) is 10.3. The Bertz CT molecular complexity index is 669. The van der Waals surface area contributed by atoms with Gasteiger partial charge in [0.2, 0.25) is 0 Å². The van der Waals surface area contributed by atoms with Crippen LogP contribution in [0, 0.1) is 6.92 Å². The molecule has 4 nitrogen and oxygen atoms in total. The van der Waals surface area contributed by atoms with Gasteiger partial charge in [0.1, 0.15) is 16.7 Å². The molecule has 3 rings (SSSR count). The van der Waals surface area contributed by atoms with Gasteiger partial charge in [0, 0.05) is 12.7 Å². The maximum absolute atomic E-state index is 9.92. The molecule has 0 saturated carbocycles. The lowest BCUT2D eigenvalue weighted by Gasteiger charge is -2.28. The zero-order valence-corrected chi connectivity index (χ0v) is 11.1. The molecule has 1 aliphatic rings. The first kappa shape index (κ1) is 12.0. The largest absolute Gasteiger partial charge is 0.507 e. The average Bonchev–Trinajstić information content (AvgIpc) is 2.40. The summed E-state index contributed by atoms with van der Waals surface area (Å²) in [6.45, 7) is 2.48. The summed E-state index contributed by atoms with van der Waals surface area (Å²) in [7, 11) is 0. The molecule has 2 aromatic rings. The maximum Gasteiger partial charge on any atom is 0.146 e. The lowest BCUT2D eigenvalue weighted by atomic mass is 10.1. The van der Waals surface area contributed by atoms with Crippen molar-refractivity contribution in [2.45, 2.75) is 6.92 Å². The number of halogens is 1. The number of aliphatic hydroxyl groups is 1. The Labute approximate surface area is 116 Å². The van der Waals surface area contributed by atoms with E-state index in [-0.39, 0.29) is 5.76 Å². The van der Waals surface area contributed by atoms with Gasteiger partial charge >= 0.3 is 0 Å². The fraction of sp³-hybridized carbons (Fsp3) is 0.143. The van der Waals surface area contributed by atoms with Crippen LogP contribution in [0.2, 0.25) is 5.15 Å². The Balaban J connectivity index is 2.17. The van der Waals surface area contributed by atoms with Crippen molar-refractivity contribution < 1.29 is 5.11 Å². The number of rotatable bonds is 1. The summed E-state index contributed by atoms with van der Waals surface area (Å²) in [4.78, 5) is 10.6. The molecule has 1 aliphatic heterocycles.